The fourth-order valence-corrected chi connectivity index (χ4v) is 2.59. The van der Waals surface area contributed by atoms with Crippen LogP contribution in [-0.4, -0.2) is 35.1 Å². The summed E-state index contributed by atoms with van der Waals surface area (Å²) in [6.07, 6.45) is 9.51. The average Bonchev–Trinajstić information content (AvgIpc) is 2.56. The van der Waals surface area contributed by atoms with Gasteiger partial charge in [0.15, 0.2) is 0 Å². The molecule has 0 aromatic carbocycles. The molecule has 1 saturated carbocycles. The van der Waals surface area contributed by atoms with Crippen LogP contribution in [0.3, 0.4) is 0 Å². The van der Waals surface area contributed by atoms with E-state index >= 15 is 0 Å². The molecule has 0 radical (unpaired) electrons. The molecular weight excluding hydrogens is 214 g/mol. The minimum Gasteiger partial charge on any atom is -0.481 e. The molecule has 3 nitrogen and oxygen atoms in total. The highest BCUT2D eigenvalue weighted by atomic mass is 16.4. The normalized spacial score (nSPS) is 19.9. The SMILES string of the molecule is C=CCN(CC(C)C(=O)O)C1CCCCCC1. The van der Waals surface area contributed by atoms with E-state index in [2.05, 4.69) is 11.5 Å². The standard InChI is InChI=1S/C14H25NO2/c1-3-10-15(11-12(2)14(16)17)13-8-6-4-5-7-9-13/h3,12-13H,1,4-11H2,2H3,(H,16,17). The second-order valence-electron chi connectivity index (χ2n) is 5.13. The Morgan fingerprint density at radius 1 is 1.41 bits per heavy atom. The van der Waals surface area contributed by atoms with Gasteiger partial charge in [-0.15, -0.1) is 6.58 Å². The largest absolute Gasteiger partial charge is 0.481 e. The third-order valence-corrected chi connectivity index (χ3v) is 3.63. The fourth-order valence-electron chi connectivity index (χ4n) is 2.59. The van der Waals surface area contributed by atoms with Gasteiger partial charge in [-0.1, -0.05) is 38.7 Å². The molecule has 3 heteroatoms. The van der Waals surface area contributed by atoms with Crippen LogP contribution in [0, 0.1) is 5.92 Å². The number of hydrogen-bond donors (Lipinski definition) is 1. The first-order chi connectivity index (χ1) is 8.15. The summed E-state index contributed by atoms with van der Waals surface area (Å²) in [7, 11) is 0. The molecule has 0 bridgehead atoms. The smallest absolute Gasteiger partial charge is 0.307 e. The molecule has 0 heterocycles. The van der Waals surface area contributed by atoms with Crippen molar-refractivity contribution in [3.8, 4) is 0 Å². The van der Waals surface area contributed by atoms with E-state index in [9.17, 15) is 4.79 Å². The van der Waals surface area contributed by atoms with Crippen LogP contribution in [-0.2, 0) is 4.79 Å². The van der Waals surface area contributed by atoms with Gasteiger partial charge in [0.2, 0.25) is 0 Å². The van der Waals surface area contributed by atoms with Crippen LogP contribution in [0.1, 0.15) is 45.4 Å². The number of carboxylic acids is 1. The lowest BCUT2D eigenvalue weighted by Crippen LogP contribution is -2.39. The molecule has 1 aliphatic rings. The number of rotatable bonds is 6. The second kappa shape index (κ2) is 7.49. The van der Waals surface area contributed by atoms with E-state index < -0.39 is 5.97 Å². The van der Waals surface area contributed by atoms with Crippen LogP contribution >= 0.6 is 0 Å². The van der Waals surface area contributed by atoms with Crippen molar-refractivity contribution < 1.29 is 9.90 Å². The van der Waals surface area contributed by atoms with Crippen LogP contribution in [0.25, 0.3) is 0 Å². The van der Waals surface area contributed by atoms with Gasteiger partial charge < -0.3 is 5.11 Å². The highest BCUT2D eigenvalue weighted by Gasteiger charge is 2.23. The second-order valence-corrected chi connectivity index (χ2v) is 5.13. The molecule has 0 amide bonds. The van der Waals surface area contributed by atoms with Crippen molar-refractivity contribution in [2.24, 2.45) is 5.92 Å². The lowest BCUT2D eigenvalue weighted by atomic mass is 10.0. The Labute approximate surface area is 105 Å². The summed E-state index contributed by atoms with van der Waals surface area (Å²) < 4.78 is 0. The lowest BCUT2D eigenvalue weighted by molar-refractivity contribution is -0.141. The maximum atomic E-state index is 10.9. The predicted molar refractivity (Wildman–Crippen MR) is 70.1 cm³/mol. The Hall–Kier alpha value is -0.830. The highest BCUT2D eigenvalue weighted by molar-refractivity contribution is 5.69. The summed E-state index contributed by atoms with van der Waals surface area (Å²) in [6, 6.07) is 0.553. The van der Waals surface area contributed by atoms with Crippen molar-refractivity contribution in [1.29, 1.82) is 0 Å². The van der Waals surface area contributed by atoms with E-state index in [0.717, 1.165) is 6.54 Å². The Bertz CT molecular complexity index is 245. The van der Waals surface area contributed by atoms with Crippen LogP contribution in [0.2, 0.25) is 0 Å². The molecule has 0 aromatic rings. The third kappa shape index (κ3) is 4.90. The summed E-state index contributed by atoms with van der Waals surface area (Å²) in [6.45, 7) is 7.02. The molecule has 0 saturated heterocycles. The minimum atomic E-state index is -0.701. The van der Waals surface area contributed by atoms with Crippen LogP contribution in [0.4, 0.5) is 0 Å². The van der Waals surface area contributed by atoms with Gasteiger partial charge >= 0.3 is 5.97 Å². The van der Waals surface area contributed by atoms with Gasteiger partial charge in [-0.25, -0.2) is 0 Å². The first-order valence-electron chi connectivity index (χ1n) is 6.73. The predicted octanol–water partition coefficient (Wildman–Crippen LogP) is 2.92. The molecule has 0 aliphatic heterocycles. The van der Waals surface area contributed by atoms with E-state index in [0.29, 0.717) is 12.6 Å². The zero-order valence-corrected chi connectivity index (χ0v) is 10.9. The summed E-state index contributed by atoms with van der Waals surface area (Å²) in [5.41, 5.74) is 0. The molecule has 1 rings (SSSR count). The minimum absolute atomic E-state index is 0.293. The Kier molecular flexibility index (Phi) is 6.27. The number of hydrogen-bond acceptors (Lipinski definition) is 2. The van der Waals surface area contributed by atoms with Crippen molar-refractivity contribution in [2.75, 3.05) is 13.1 Å². The van der Waals surface area contributed by atoms with Crippen molar-refractivity contribution in [2.45, 2.75) is 51.5 Å². The molecular formula is C14H25NO2. The molecule has 1 N–H and O–H groups in total. The van der Waals surface area contributed by atoms with Crippen LogP contribution < -0.4 is 0 Å². The van der Waals surface area contributed by atoms with E-state index in [-0.39, 0.29) is 5.92 Å². The van der Waals surface area contributed by atoms with Crippen molar-refractivity contribution in [1.82, 2.24) is 4.90 Å². The topological polar surface area (TPSA) is 40.5 Å². The quantitative estimate of drug-likeness (QED) is 0.572. The van der Waals surface area contributed by atoms with Gasteiger partial charge in [0.25, 0.3) is 0 Å². The van der Waals surface area contributed by atoms with Gasteiger partial charge in [-0.05, 0) is 12.8 Å². The Balaban J connectivity index is 2.55. The zero-order valence-electron chi connectivity index (χ0n) is 10.9. The van der Waals surface area contributed by atoms with E-state index in [1.165, 1.54) is 38.5 Å². The van der Waals surface area contributed by atoms with Gasteiger partial charge in [0.05, 0.1) is 5.92 Å². The lowest BCUT2D eigenvalue weighted by Gasteiger charge is -2.31. The summed E-state index contributed by atoms with van der Waals surface area (Å²) in [4.78, 5) is 13.2. The molecule has 1 atom stereocenters. The molecule has 1 fully saturated rings. The van der Waals surface area contributed by atoms with Crippen LogP contribution in [0.5, 0.6) is 0 Å². The Morgan fingerprint density at radius 3 is 2.47 bits per heavy atom. The molecule has 17 heavy (non-hydrogen) atoms. The number of carboxylic acid groups (broad SMARTS) is 1. The van der Waals surface area contributed by atoms with E-state index in [1.807, 2.05) is 6.08 Å². The summed E-state index contributed by atoms with van der Waals surface area (Å²) >= 11 is 0. The molecule has 0 aromatic heterocycles. The first-order valence-corrected chi connectivity index (χ1v) is 6.73. The van der Waals surface area contributed by atoms with Crippen molar-refractivity contribution >= 4 is 5.97 Å². The van der Waals surface area contributed by atoms with Gasteiger partial charge in [0, 0.05) is 19.1 Å². The summed E-state index contributed by atoms with van der Waals surface area (Å²) in [5.74, 6) is -0.995. The maximum Gasteiger partial charge on any atom is 0.307 e. The van der Waals surface area contributed by atoms with Gasteiger partial charge in [-0.2, -0.15) is 0 Å². The van der Waals surface area contributed by atoms with Crippen molar-refractivity contribution in [3.05, 3.63) is 12.7 Å². The monoisotopic (exact) mass is 239 g/mol. The number of aliphatic carboxylic acids is 1. The van der Waals surface area contributed by atoms with Crippen molar-refractivity contribution in [3.63, 3.8) is 0 Å². The van der Waals surface area contributed by atoms with Crippen LogP contribution in [0.15, 0.2) is 12.7 Å². The van der Waals surface area contributed by atoms with Gasteiger partial charge in [0.1, 0.15) is 0 Å². The highest BCUT2D eigenvalue weighted by Crippen LogP contribution is 2.22. The third-order valence-electron chi connectivity index (χ3n) is 3.63. The molecule has 1 unspecified atom stereocenters. The molecule has 1 aliphatic carbocycles. The fraction of sp³-hybridized carbons (Fsp3) is 0.786. The Morgan fingerprint density at radius 2 is 2.00 bits per heavy atom. The van der Waals surface area contributed by atoms with Gasteiger partial charge in [-0.3, -0.25) is 9.69 Å². The number of nitrogens with zero attached hydrogens (tertiary/aromatic N) is 1. The maximum absolute atomic E-state index is 10.9. The first kappa shape index (κ1) is 14.2. The average molecular weight is 239 g/mol. The zero-order chi connectivity index (χ0) is 12.7. The number of carbonyl (C=O) groups is 1. The molecule has 98 valence electrons. The van der Waals surface area contributed by atoms with E-state index in [4.69, 9.17) is 5.11 Å². The van der Waals surface area contributed by atoms with E-state index in [1.54, 1.807) is 6.92 Å². The summed E-state index contributed by atoms with van der Waals surface area (Å²) in [5, 5.41) is 9.00. The molecule has 0 spiro atoms.